The molecule has 0 amide bonds. The molecule has 13 heavy (non-hydrogen) atoms. The van der Waals surface area contributed by atoms with Crippen molar-refractivity contribution in [1.29, 1.82) is 0 Å². The predicted molar refractivity (Wildman–Crippen MR) is 62.8 cm³/mol. The molecule has 0 heterocycles. The van der Waals surface area contributed by atoms with E-state index in [0.717, 1.165) is 0 Å². The lowest BCUT2D eigenvalue weighted by atomic mass is 10.1. The molecule has 0 atom stereocenters. The molecule has 0 aliphatic heterocycles. The highest BCUT2D eigenvalue weighted by Crippen LogP contribution is 2.08. The van der Waals surface area contributed by atoms with Gasteiger partial charge < -0.3 is 8.78 Å². The molecule has 0 rings (SSSR count). The van der Waals surface area contributed by atoms with Gasteiger partial charge in [0.15, 0.2) is 0 Å². The topological polar surface area (TPSA) is 6.48 Å². The fourth-order valence-corrected chi connectivity index (χ4v) is 1.37. The molecule has 2 nitrogen and oxygen atoms in total. The quantitative estimate of drug-likeness (QED) is 0.610. The van der Waals surface area contributed by atoms with E-state index in [-0.39, 0.29) is 0 Å². The molecule has 0 aliphatic rings. The molecular weight excluding hydrogens is 175 g/mol. The van der Waals surface area contributed by atoms with Gasteiger partial charge in [-0.2, -0.15) is 0 Å². The van der Waals surface area contributed by atoms with Crippen molar-refractivity contribution in [3.63, 3.8) is 0 Å². The summed E-state index contributed by atoms with van der Waals surface area (Å²) < 4.78 is 2.55. The van der Waals surface area contributed by atoms with Crippen molar-refractivity contribution in [2.75, 3.05) is 26.2 Å². The Morgan fingerprint density at radius 1 is 1.00 bits per heavy atom. The molecule has 3 heteroatoms. The van der Waals surface area contributed by atoms with Crippen LogP contribution in [0.4, 0.5) is 0 Å². The summed E-state index contributed by atoms with van der Waals surface area (Å²) in [5.74, 6) is 0. The number of nitrogens with zero attached hydrogens (tertiary/aromatic N) is 2. The summed E-state index contributed by atoms with van der Waals surface area (Å²) in [7, 11) is 0. The molecule has 0 fully saturated rings. The van der Waals surface area contributed by atoms with Crippen LogP contribution >= 0.6 is 0 Å². The summed E-state index contributed by atoms with van der Waals surface area (Å²) in [6.45, 7) is 16.1. The van der Waals surface area contributed by atoms with Crippen LogP contribution in [0, 0.1) is 0 Å². The second-order valence-electron chi connectivity index (χ2n) is 4.62. The fraction of sp³-hybridized carbons (Fsp3) is 1.00. The minimum absolute atomic E-state index is 0.360. The summed E-state index contributed by atoms with van der Waals surface area (Å²) >= 11 is 1.17. The molecule has 0 unspecified atom stereocenters. The van der Waals surface area contributed by atoms with Gasteiger partial charge in [-0.3, -0.25) is 0 Å². The maximum atomic E-state index is 2.55. The van der Waals surface area contributed by atoms with E-state index in [2.05, 4.69) is 43.4 Å². The van der Waals surface area contributed by atoms with Gasteiger partial charge in [0.25, 0.3) is 0 Å². The zero-order valence-electron chi connectivity index (χ0n) is 10.2. The largest absolute Gasteiger partial charge is 0.385 e. The lowest BCUT2D eigenvalue weighted by Crippen LogP contribution is -2.43. The third kappa shape index (κ3) is 5.70. The van der Waals surface area contributed by atoms with E-state index in [0.29, 0.717) is 5.54 Å². The predicted octanol–water partition coefficient (Wildman–Crippen LogP) is 0.977. The molecule has 0 radical (unpaired) electrons. The molecule has 0 N–H and O–H groups in total. The average molecular weight is 200 g/mol. The highest BCUT2D eigenvalue weighted by molar-refractivity contribution is 6.04. The van der Waals surface area contributed by atoms with Gasteiger partial charge in [0, 0.05) is 6.54 Å². The second kappa shape index (κ2) is 6.03. The third-order valence-electron chi connectivity index (χ3n) is 2.79. The van der Waals surface area contributed by atoms with Gasteiger partial charge in [0.2, 0.25) is 0 Å². The molecule has 0 aromatic carbocycles. The molecule has 78 valence electrons. The van der Waals surface area contributed by atoms with Crippen molar-refractivity contribution < 1.29 is 0 Å². The summed E-state index contributed by atoms with van der Waals surface area (Å²) in [5, 5.41) is 0. The maximum absolute atomic E-state index is 2.55. The molecule has 0 aromatic rings. The van der Waals surface area contributed by atoms with E-state index in [1.54, 1.807) is 0 Å². The molecule has 0 saturated carbocycles. The van der Waals surface area contributed by atoms with Crippen LogP contribution < -0.4 is 0 Å². The first-order chi connectivity index (χ1) is 5.91. The fourth-order valence-electron chi connectivity index (χ4n) is 1.17. The molecule has 0 bridgehead atoms. The smallest absolute Gasteiger partial charge is 0.322 e. The minimum atomic E-state index is 0.360. The van der Waals surface area contributed by atoms with E-state index in [1.807, 2.05) is 0 Å². The van der Waals surface area contributed by atoms with Gasteiger partial charge in [0.05, 0.1) is 0 Å². The van der Waals surface area contributed by atoms with E-state index < -0.39 is 0 Å². The van der Waals surface area contributed by atoms with Crippen molar-refractivity contribution in [1.82, 2.24) is 8.78 Å². The lowest BCUT2D eigenvalue weighted by molar-refractivity contribution is 0.212. The van der Waals surface area contributed by atoms with E-state index in [4.69, 9.17) is 0 Å². The van der Waals surface area contributed by atoms with E-state index in [9.17, 15) is 0 Å². The van der Waals surface area contributed by atoms with Gasteiger partial charge in [-0.25, -0.2) is 0 Å². The minimum Gasteiger partial charge on any atom is -0.385 e. The zero-order chi connectivity index (χ0) is 10.5. The van der Waals surface area contributed by atoms with Crippen molar-refractivity contribution >= 4 is 16.5 Å². The normalized spacial score (nSPS) is 12.8. The highest BCUT2D eigenvalue weighted by Gasteiger charge is 2.15. The zero-order valence-corrected chi connectivity index (χ0v) is 12.2. The Balaban J connectivity index is 3.75. The standard InChI is InChI=1S/C10H23N2.Al.2H/c1-6-12(7-2)9-8-11-10(3,4)5;;;/h6-9H2,1-5H3;;;/q-1;+1;;. The van der Waals surface area contributed by atoms with Crippen molar-refractivity contribution in [3.8, 4) is 0 Å². The van der Waals surface area contributed by atoms with Crippen LogP contribution in [-0.2, 0) is 0 Å². The van der Waals surface area contributed by atoms with Crippen LogP contribution in [0.25, 0.3) is 0 Å². The monoisotopic (exact) mass is 200 g/mol. The Morgan fingerprint density at radius 2 is 1.46 bits per heavy atom. The Kier molecular flexibility index (Phi) is 6.24. The SMILES string of the molecule is CCN(CC)CC[N]([AlH2])C(C)(C)C. The van der Waals surface area contributed by atoms with Gasteiger partial charge in [0.1, 0.15) is 0 Å². The Labute approximate surface area is 91.9 Å². The van der Waals surface area contributed by atoms with Crippen LogP contribution in [0.3, 0.4) is 0 Å². The molecule has 0 saturated heterocycles. The number of likely N-dealkylation sites (N-methyl/N-ethyl adjacent to an activating group) is 1. The molecule has 0 spiro atoms. The van der Waals surface area contributed by atoms with Gasteiger partial charge in [-0.1, -0.05) is 13.8 Å². The first kappa shape index (κ1) is 13.5. The second-order valence-corrected chi connectivity index (χ2v) is 5.70. The summed E-state index contributed by atoms with van der Waals surface area (Å²) in [6, 6.07) is 0. The molecule has 0 aliphatic carbocycles. The van der Waals surface area contributed by atoms with Crippen LogP contribution in [0.2, 0.25) is 0 Å². The first-order valence-electron chi connectivity index (χ1n) is 5.35. The van der Waals surface area contributed by atoms with Crippen molar-refractivity contribution in [2.45, 2.75) is 40.2 Å². The van der Waals surface area contributed by atoms with Crippen LogP contribution in [-0.4, -0.2) is 57.0 Å². The molecular formula is C10H25AlN2. The number of hydrogen-bond donors (Lipinski definition) is 0. The van der Waals surface area contributed by atoms with E-state index >= 15 is 0 Å². The maximum Gasteiger partial charge on any atom is 0.322 e. The Morgan fingerprint density at radius 3 is 1.77 bits per heavy atom. The average Bonchev–Trinajstić information content (AvgIpc) is 2.04. The number of rotatable bonds is 5. The van der Waals surface area contributed by atoms with Crippen molar-refractivity contribution in [3.05, 3.63) is 0 Å². The van der Waals surface area contributed by atoms with Crippen LogP contribution in [0.5, 0.6) is 0 Å². The third-order valence-corrected chi connectivity index (χ3v) is 4.58. The Hall–Kier alpha value is 0.452. The van der Waals surface area contributed by atoms with Gasteiger partial charge in [-0.15, -0.1) is 0 Å². The summed E-state index contributed by atoms with van der Waals surface area (Å²) in [5.41, 5.74) is 0.360. The van der Waals surface area contributed by atoms with Crippen molar-refractivity contribution in [2.24, 2.45) is 0 Å². The highest BCUT2D eigenvalue weighted by atomic mass is 27.1. The van der Waals surface area contributed by atoms with Gasteiger partial charge >= 0.3 is 16.5 Å². The van der Waals surface area contributed by atoms with Gasteiger partial charge in [-0.05, 0) is 45.9 Å². The Bertz CT molecular complexity index is 127. The van der Waals surface area contributed by atoms with Crippen LogP contribution in [0.15, 0.2) is 0 Å². The first-order valence-corrected chi connectivity index (χ1v) is 6.24. The summed E-state index contributed by atoms with van der Waals surface area (Å²) in [4.78, 5) is 2.48. The number of hydrogen-bond acceptors (Lipinski definition) is 2. The summed E-state index contributed by atoms with van der Waals surface area (Å²) in [6.07, 6.45) is 0. The lowest BCUT2D eigenvalue weighted by Gasteiger charge is -2.35. The van der Waals surface area contributed by atoms with Crippen LogP contribution in [0.1, 0.15) is 34.6 Å². The molecule has 0 aromatic heterocycles. The van der Waals surface area contributed by atoms with E-state index in [1.165, 1.54) is 42.7 Å².